The minimum Gasteiger partial charge on any atom is -0.469 e. The molecule has 0 radical (unpaired) electrons. The Balaban J connectivity index is 1.65. The van der Waals surface area contributed by atoms with E-state index >= 15 is 0 Å². The van der Waals surface area contributed by atoms with Gasteiger partial charge in [0.15, 0.2) is 0 Å². The lowest BCUT2D eigenvalue weighted by Gasteiger charge is -2.26. The second-order valence-electron chi connectivity index (χ2n) is 8.86. The molecule has 0 aliphatic heterocycles. The van der Waals surface area contributed by atoms with E-state index in [0.717, 1.165) is 27.8 Å². The predicted molar refractivity (Wildman–Crippen MR) is 139 cm³/mol. The normalized spacial score (nSPS) is 11.8. The molecule has 0 saturated carbocycles. The molecule has 4 rings (SSSR count). The first-order chi connectivity index (χ1) is 17.3. The van der Waals surface area contributed by atoms with Crippen LogP contribution in [0.3, 0.4) is 0 Å². The third-order valence-corrected chi connectivity index (χ3v) is 6.96. The lowest BCUT2D eigenvalue weighted by molar-refractivity contribution is -0.139. The maximum Gasteiger partial charge on any atom is 0.414 e. The first-order valence-corrected chi connectivity index (χ1v) is 11.6. The SMILES string of the molecule is COC(=O)Cc1c(C)c(N=[N+]=[N-])c(C)c(N(C)C(=O)OCC2c3ccccc3-c3ccccc32)c1C. The van der Waals surface area contributed by atoms with Crippen molar-refractivity contribution in [3.8, 4) is 11.1 Å². The zero-order chi connectivity index (χ0) is 26.0. The second kappa shape index (κ2) is 10.1. The Bertz CT molecular complexity index is 1360. The topological polar surface area (TPSA) is 105 Å². The summed E-state index contributed by atoms with van der Waals surface area (Å²) in [4.78, 5) is 29.7. The van der Waals surface area contributed by atoms with E-state index in [1.165, 1.54) is 12.0 Å². The van der Waals surface area contributed by atoms with Gasteiger partial charge in [-0.25, -0.2) is 4.79 Å². The number of esters is 1. The summed E-state index contributed by atoms with van der Waals surface area (Å²) in [6.45, 7) is 5.59. The van der Waals surface area contributed by atoms with Crippen molar-refractivity contribution in [2.24, 2.45) is 5.11 Å². The average molecular weight is 485 g/mol. The molecule has 3 aromatic carbocycles. The first-order valence-electron chi connectivity index (χ1n) is 11.6. The van der Waals surface area contributed by atoms with Crippen molar-refractivity contribution in [2.45, 2.75) is 33.1 Å². The summed E-state index contributed by atoms with van der Waals surface area (Å²) in [5.41, 5.74) is 17.3. The molecule has 1 amide bonds. The maximum atomic E-state index is 13.3. The van der Waals surface area contributed by atoms with Gasteiger partial charge in [0.1, 0.15) is 6.61 Å². The van der Waals surface area contributed by atoms with Gasteiger partial charge in [0.05, 0.1) is 19.2 Å². The van der Waals surface area contributed by atoms with Crippen LogP contribution >= 0.6 is 0 Å². The number of hydrogen-bond acceptors (Lipinski definition) is 5. The highest BCUT2D eigenvalue weighted by Gasteiger charge is 2.30. The van der Waals surface area contributed by atoms with Gasteiger partial charge in [-0.1, -0.05) is 53.6 Å². The number of methoxy groups -OCH3 is 1. The van der Waals surface area contributed by atoms with E-state index in [9.17, 15) is 9.59 Å². The number of ether oxygens (including phenoxy) is 2. The van der Waals surface area contributed by atoms with Gasteiger partial charge >= 0.3 is 12.1 Å². The first kappa shape index (κ1) is 24.8. The van der Waals surface area contributed by atoms with Crippen molar-refractivity contribution < 1.29 is 19.1 Å². The summed E-state index contributed by atoms with van der Waals surface area (Å²) in [7, 11) is 2.94. The molecule has 0 spiro atoms. The smallest absolute Gasteiger partial charge is 0.414 e. The van der Waals surface area contributed by atoms with Crippen molar-refractivity contribution in [3.05, 3.63) is 92.4 Å². The number of benzene rings is 3. The molecular formula is C28H28N4O4. The summed E-state index contributed by atoms with van der Waals surface area (Å²) >= 11 is 0. The fourth-order valence-electron chi connectivity index (χ4n) is 5.20. The molecule has 1 aliphatic carbocycles. The van der Waals surface area contributed by atoms with E-state index in [1.807, 2.05) is 31.2 Å². The molecular weight excluding hydrogens is 456 g/mol. The maximum absolute atomic E-state index is 13.3. The van der Waals surface area contributed by atoms with Crippen molar-refractivity contribution in [3.63, 3.8) is 0 Å². The highest BCUT2D eigenvalue weighted by molar-refractivity contribution is 5.92. The molecule has 0 unspecified atom stereocenters. The van der Waals surface area contributed by atoms with Crippen LogP contribution in [0.4, 0.5) is 16.2 Å². The summed E-state index contributed by atoms with van der Waals surface area (Å²) < 4.78 is 10.7. The number of azide groups is 1. The van der Waals surface area contributed by atoms with Gasteiger partial charge in [0, 0.05) is 23.6 Å². The zero-order valence-electron chi connectivity index (χ0n) is 21.0. The van der Waals surface area contributed by atoms with Crippen molar-refractivity contribution in [1.82, 2.24) is 0 Å². The third-order valence-electron chi connectivity index (χ3n) is 6.96. The number of amides is 1. The number of hydrogen-bond donors (Lipinski definition) is 0. The van der Waals surface area contributed by atoms with E-state index in [-0.39, 0.29) is 18.9 Å². The van der Waals surface area contributed by atoms with Crippen molar-refractivity contribution in [2.75, 3.05) is 25.7 Å². The molecule has 1 aliphatic rings. The fourth-order valence-corrected chi connectivity index (χ4v) is 5.20. The number of nitrogens with zero attached hydrogens (tertiary/aromatic N) is 4. The molecule has 3 aromatic rings. The quantitative estimate of drug-likeness (QED) is 0.169. The van der Waals surface area contributed by atoms with Crippen LogP contribution in [0.2, 0.25) is 0 Å². The molecule has 0 heterocycles. The Morgan fingerprint density at radius 2 is 1.56 bits per heavy atom. The van der Waals surface area contributed by atoms with E-state index < -0.39 is 12.1 Å². The number of carbonyl (C=O) groups excluding carboxylic acids is 2. The largest absolute Gasteiger partial charge is 0.469 e. The number of carbonyl (C=O) groups is 2. The van der Waals surface area contributed by atoms with Crippen LogP contribution < -0.4 is 4.90 Å². The van der Waals surface area contributed by atoms with Crippen LogP contribution in [-0.2, 0) is 20.7 Å². The number of rotatable bonds is 6. The highest BCUT2D eigenvalue weighted by atomic mass is 16.6. The van der Waals surface area contributed by atoms with Gasteiger partial charge in [-0.3, -0.25) is 9.69 Å². The minimum absolute atomic E-state index is 0.00603. The van der Waals surface area contributed by atoms with Crippen LogP contribution in [-0.4, -0.2) is 32.8 Å². The molecule has 184 valence electrons. The summed E-state index contributed by atoms with van der Waals surface area (Å²) in [6, 6.07) is 16.3. The van der Waals surface area contributed by atoms with Gasteiger partial charge in [-0.2, -0.15) is 0 Å². The van der Waals surface area contributed by atoms with Crippen LogP contribution in [0.25, 0.3) is 21.6 Å². The van der Waals surface area contributed by atoms with Crippen molar-refractivity contribution in [1.29, 1.82) is 0 Å². The van der Waals surface area contributed by atoms with Crippen LogP contribution in [0.5, 0.6) is 0 Å². The Kier molecular flexibility index (Phi) is 6.99. The minimum atomic E-state index is -0.539. The third kappa shape index (κ3) is 4.27. The molecule has 0 saturated heterocycles. The van der Waals surface area contributed by atoms with Crippen LogP contribution in [0.15, 0.2) is 53.6 Å². The molecule has 0 N–H and O–H groups in total. The zero-order valence-corrected chi connectivity index (χ0v) is 21.0. The lowest BCUT2D eigenvalue weighted by atomic mass is 9.92. The van der Waals surface area contributed by atoms with Crippen LogP contribution in [0, 0.1) is 20.8 Å². The molecule has 0 bridgehead atoms. The van der Waals surface area contributed by atoms with Gasteiger partial charge < -0.3 is 9.47 Å². The number of fused-ring (bicyclic) bond motifs is 3. The average Bonchev–Trinajstić information content (AvgIpc) is 3.21. The summed E-state index contributed by atoms with van der Waals surface area (Å²) in [5, 5.41) is 3.85. The van der Waals surface area contributed by atoms with E-state index in [2.05, 4.69) is 34.3 Å². The molecule has 0 atom stereocenters. The number of anilines is 1. The van der Waals surface area contributed by atoms with E-state index in [4.69, 9.17) is 15.0 Å². The van der Waals surface area contributed by atoms with E-state index in [0.29, 0.717) is 28.1 Å². The molecule has 0 fully saturated rings. The van der Waals surface area contributed by atoms with Gasteiger partial charge in [-0.05, 0) is 70.8 Å². The molecule has 36 heavy (non-hydrogen) atoms. The Morgan fingerprint density at radius 3 is 2.11 bits per heavy atom. The van der Waals surface area contributed by atoms with Crippen LogP contribution in [0.1, 0.15) is 39.3 Å². The van der Waals surface area contributed by atoms with Gasteiger partial charge in [0.2, 0.25) is 0 Å². The van der Waals surface area contributed by atoms with Crippen molar-refractivity contribution >= 4 is 23.4 Å². The Labute approximate surface area is 210 Å². The highest BCUT2D eigenvalue weighted by Crippen LogP contribution is 2.45. The summed E-state index contributed by atoms with van der Waals surface area (Å²) in [5.74, 6) is -0.490. The molecule has 8 nitrogen and oxygen atoms in total. The fraction of sp³-hybridized carbons (Fsp3) is 0.286. The lowest BCUT2D eigenvalue weighted by Crippen LogP contribution is -2.30. The predicted octanol–water partition coefficient (Wildman–Crippen LogP) is 6.65. The monoisotopic (exact) mass is 484 g/mol. The standard InChI is InChI=1S/C28H28N4O4/c1-16-23(14-25(33)35-5)17(2)27(18(3)26(16)30-31-29)32(4)28(34)36-15-24-21-12-8-6-10-19(21)20-11-7-9-13-22(20)24/h6-13,24H,14-15H2,1-5H3. The van der Waals surface area contributed by atoms with E-state index in [1.54, 1.807) is 20.9 Å². The van der Waals surface area contributed by atoms with Gasteiger partial charge in [-0.15, -0.1) is 0 Å². The molecule has 0 aromatic heterocycles. The Morgan fingerprint density at radius 1 is 0.972 bits per heavy atom. The van der Waals surface area contributed by atoms with Gasteiger partial charge in [0.25, 0.3) is 0 Å². The molecule has 8 heteroatoms. The summed E-state index contributed by atoms with van der Waals surface area (Å²) in [6.07, 6.45) is -0.545. The second-order valence-corrected chi connectivity index (χ2v) is 8.86. The Hall–Kier alpha value is -4.29.